The van der Waals surface area contributed by atoms with Crippen molar-refractivity contribution in [3.8, 4) is 17.2 Å². The number of hydrazone groups is 1. The Bertz CT molecular complexity index is 822. The first-order chi connectivity index (χ1) is 12.9. The van der Waals surface area contributed by atoms with E-state index in [0.29, 0.717) is 22.6 Å². The molecule has 2 aromatic carbocycles. The number of nitrogens with two attached hydrogens (primary N) is 1. The molecule has 0 radical (unpaired) electrons. The minimum absolute atomic E-state index is 0.250. The van der Waals surface area contributed by atoms with Crippen molar-refractivity contribution in [2.45, 2.75) is 6.92 Å². The predicted octanol–water partition coefficient (Wildman–Crippen LogP) is 1.64. The first-order valence-electron chi connectivity index (χ1n) is 8.01. The van der Waals surface area contributed by atoms with E-state index in [4.69, 9.17) is 19.9 Å². The van der Waals surface area contributed by atoms with Gasteiger partial charge in [-0.15, -0.1) is 0 Å². The quantitative estimate of drug-likeness (QED) is 0.541. The Morgan fingerprint density at radius 2 is 1.70 bits per heavy atom. The molecule has 2 aromatic rings. The van der Waals surface area contributed by atoms with E-state index in [0.717, 1.165) is 5.56 Å². The number of aryl methyl sites for hydroxylation is 1. The number of carbonyl (C=O) groups is 2. The van der Waals surface area contributed by atoms with Crippen LogP contribution in [0.3, 0.4) is 0 Å². The average Bonchev–Trinajstić information content (AvgIpc) is 2.66. The Kier molecular flexibility index (Phi) is 6.76. The first kappa shape index (κ1) is 19.8. The van der Waals surface area contributed by atoms with E-state index in [-0.39, 0.29) is 18.3 Å². The highest BCUT2D eigenvalue weighted by atomic mass is 16.5. The fourth-order valence-electron chi connectivity index (χ4n) is 2.20. The number of carbonyl (C=O) groups excluding carboxylic acids is 2. The summed E-state index contributed by atoms with van der Waals surface area (Å²) in [4.78, 5) is 23.0. The fraction of sp³-hybridized carbons (Fsp3) is 0.211. The van der Waals surface area contributed by atoms with Crippen LogP contribution in [0.25, 0.3) is 0 Å². The number of amides is 2. The Morgan fingerprint density at radius 3 is 2.22 bits per heavy atom. The summed E-state index contributed by atoms with van der Waals surface area (Å²) < 4.78 is 15.9. The van der Waals surface area contributed by atoms with Gasteiger partial charge in [0.05, 0.1) is 20.4 Å². The molecule has 0 aliphatic heterocycles. The molecule has 0 aliphatic rings. The van der Waals surface area contributed by atoms with Crippen LogP contribution in [0.15, 0.2) is 41.5 Å². The number of hydrogen-bond donors (Lipinski definition) is 2. The fourth-order valence-corrected chi connectivity index (χ4v) is 2.20. The van der Waals surface area contributed by atoms with E-state index in [9.17, 15) is 9.59 Å². The first-order valence-corrected chi connectivity index (χ1v) is 8.01. The number of nitrogens with one attached hydrogen (secondary N) is 1. The molecule has 0 spiro atoms. The van der Waals surface area contributed by atoms with Gasteiger partial charge in [0, 0.05) is 11.1 Å². The highest BCUT2D eigenvalue weighted by molar-refractivity contribution is 5.95. The number of rotatable bonds is 8. The minimum atomic E-state index is -0.622. The van der Waals surface area contributed by atoms with Gasteiger partial charge in [-0.3, -0.25) is 9.59 Å². The molecule has 0 aliphatic carbocycles. The molecule has 0 heterocycles. The Morgan fingerprint density at radius 1 is 1.11 bits per heavy atom. The lowest BCUT2D eigenvalue weighted by Gasteiger charge is -2.14. The van der Waals surface area contributed by atoms with Crippen molar-refractivity contribution in [1.82, 2.24) is 5.43 Å². The molecule has 0 bridgehead atoms. The van der Waals surface area contributed by atoms with Gasteiger partial charge in [0.15, 0.2) is 18.1 Å². The van der Waals surface area contributed by atoms with Crippen molar-refractivity contribution in [2.24, 2.45) is 10.8 Å². The number of nitrogens with zero attached hydrogens (tertiary/aromatic N) is 1. The highest BCUT2D eigenvalue weighted by Crippen LogP contribution is 2.38. The van der Waals surface area contributed by atoms with E-state index in [1.54, 1.807) is 24.3 Å². The van der Waals surface area contributed by atoms with E-state index in [2.05, 4.69) is 10.5 Å². The molecule has 3 N–H and O–H groups in total. The molecule has 2 amide bonds. The van der Waals surface area contributed by atoms with Crippen LogP contribution in [-0.2, 0) is 4.79 Å². The lowest BCUT2D eigenvalue weighted by molar-refractivity contribution is -0.120. The topological polar surface area (TPSA) is 112 Å². The van der Waals surface area contributed by atoms with Crippen molar-refractivity contribution in [3.05, 3.63) is 53.1 Å². The monoisotopic (exact) mass is 371 g/mol. The molecule has 8 heteroatoms. The van der Waals surface area contributed by atoms with Gasteiger partial charge in [0.2, 0.25) is 5.75 Å². The molecule has 0 saturated heterocycles. The van der Waals surface area contributed by atoms with Crippen LogP contribution in [0, 0.1) is 6.92 Å². The summed E-state index contributed by atoms with van der Waals surface area (Å²) in [6, 6.07) is 10.4. The maximum atomic E-state index is 12.1. The van der Waals surface area contributed by atoms with E-state index >= 15 is 0 Å². The van der Waals surface area contributed by atoms with Crippen molar-refractivity contribution in [2.75, 3.05) is 20.8 Å². The average molecular weight is 371 g/mol. The molecule has 0 fully saturated rings. The van der Waals surface area contributed by atoms with Crippen LogP contribution in [0.1, 0.15) is 21.5 Å². The third-order valence-electron chi connectivity index (χ3n) is 3.54. The van der Waals surface area contributed by atoms with Crippen molar-refractivity contribution < 1.29 is 23.8 Å². The summed E-state index contributed by atoms with van der Waals surface area (Å²) in [7, 11) is 2.90. The molecule has 2 rings (SSSR count). The molecular formula is C19H21N3O5. The number of hydrogen-bond acceptors (Lipinski definition) is 6. The van der Waals surface area contributed by atoms with Crippen LogP contribution in [0.4, 0.5) is 0 Å². The minimum Gasteiger partial charge on any atom is -0.493 e. The number of methoxy groups -OCH3 is 2. The van der Waals surface area contributed by atoms with Crippen molar-refractivity contribution in [1.29, 1.82) is 0 Å². The van der Waals surface area contributed by atoms with Crippen LogP contribution >= 0.6 is 0 Å². The maximum absolute atomic E-state index is 12.1. The van der Waals surface area contributed by atoms with E-state index < -0.39 is 5.91 Å². The summed E-state index contributed by atoms with van der Waals surface area (Å²) in [5, 5.41) is 3.94. The Hall–Kier alpha value is -3.55. The molecule has 0 aromatic heterocycles. The van der Waals surface area contributed by atoms with Crippen LogP contribution in [0.5, 0.6) is 17.2 Å². The third kappa shape index (κ3) is 5.46. The largest absolute Gasteiger partial charge is 0.493 e. The zero-order valence-corrected chi connectivity index (χ0v) is 15.3. The molecule has 0 saturated carbocycles. The summed E-state index contributed by atoms with van der Waals surface area (Å²) in [5.74, 6) is -0.0291. The van der Waals surface area contributed by atoms with Crippen LogP contribution in [0.2, 0.25) is 0 Å². The predicted molar refractivity (Wildman–Crippen MR) is 100 cm³/mol. The summed E-state index contributed by atoms with van der Waals surface area (Å²) in [6.45, 7) is 1.63. The molecule has 0 unspecified atom stereocenters. The number of ether oxygens (including phenoxy) is 3. The van der Waals surface area contributed by atoms with E-state index in [1.165, 1.54) is 20.4 Å². The zero-order valence-electron chi connectivity index (χ0n) is 15.3. The van der Waals surface area contributed by atoms with Gasteiger partial charge >= 0.3 is 0 Å². The smallest absolute Gasteiger partial charge is 0.271 e. The van der Waals surface area contributed by atoms with Gasteiger partial charge in [0.25, 0.3) is 11.8 Å². The normalized spacial score (nSPS) is 10.5. The summed E-state index contributed by atoms with van der Waals surface area (Å²) in [5.41, 5.74) is 9.71. The lowest BCUT2D eigenvalue weighted by atomic mass is 10.1. The Balaban J connectivity index is 2.15. The second kappa shape index (κ2) is 9.23. The van der Waals surface area contributed by atoms with Gasteiger partial charge < -0.3 is 19.9 Å². The maximum Gasteiger partial charge on any atom is 0.271 e. The zero-order chi connectivity index (χ0) is 19.8. The summed E-state index contributed by atoms with van der Waals surface area (Å²) >= 11 is 0. The van der Waals surface area contributed by atoms with Gasteiger partial charge in [-0.25, -0.2) is 5.43 Å². The van der Waals surface area contributed by atoms with E-state index in [1.807, 2.05) is 19.1 Å². The summed E-state index contributed by atoms with van der Waals surface area (Å²) in [6.07, 6.45) is 1.44. The Labute approximate surface area is 156 Å². The van der Waals surface area contributed by atoms with Gasteiger partial charge in [-0.2, -0.15) is 5.10 Å². The number of benzene rings is 2. The second-order valence-corrected chi connectivity index (χ2v) is 5.57. The molecule has 0 atom stereocenters. The number of primary amides is 1. The molecule has 27 heavy (non-hydrogen) atoms. The highest BCUT2D eigenvalue weighted by Gasteiger charge is 2.14. The SMILES string of the molecule is COc1cc(/C=N\NC(=O)c2ccc(C)cc2)cc(OC)c1OCC(N)=O. The lowest BCUT2D eigenvalue weighted by Crippen LogP contribution is -2.20. The van der Waals surface area contributed by atoms with Crippen LogP contribution in [-0.4, -0.2) is 38.9 Å². The second-order valence-electron chi connectivity index (χ2n) is 5.57. The van der Waals surface area contributed by atoms with Gasteiger partial charge in [-0.1, -0.05) is 17.7 Å². The molecule has 142 valence electrons. The molecular weight excluding hydrogens is 350 g/mol. The van der Waals surface area contributed by atoms with Crippen molar-refractivity contribution in [3.63, 3.8) is 0 Å². The third-order valence-corrected chi connectivity index (χ3v) is 3.54. The van der Waals surface area contributed by atoms with Gasteiger partial charge in [-0.05, 0) is 31.2 Å². The van der Waals surface area contributed by atoms with Gasteiger partial charge in [0.1, 0.15) is 0 Å². The van der Waals surface area contributed by atoms with Crippen LogP contribution < -0.4 is 25.4 Å². The van der Waals surface area contributed by atoms with Crippen molar-refractivity contribution >= 4 is 18.0 Å². The molecule has 8 nitrogen and oxygen atoms in total. The standard InChI is InChI=1S/C19H21N3O5/c1-12-4-6-14(7-5-12)19(24)22-21-10-13-8-15(25-2)18(16(9-13)26-3)27-11-17(20)23/h4-10H,11H2,1-3H3,(H2,20,23)(H,22,24)/b21-10-.